The summed E-state index contributed by atoms with van der Waals surface area (Å²) >= 11 is 7.62. The van der Waals surface area contributed by atoms with Gasteiger partial charge in [0.1, 0.15) is 5.37 Å². The fourth-order valence-corrected chi connectivity index (χ4v) is 3.94. The summed E-state index contributed by atoms with van der Waals surface area (Å²) in [6.07, 6.45) is 0. The van der Waals surface area contributed by atoms with Gasteiger partial charge in [0.2, 0.25) is 5.91 Å². The van der Waals surface area contributed by atoms with Crippen molar-refractivity contribution in [2.75, 3.05) is 5.75 Å². The Morgan fingerprint density at radius 1 is 1.18 bits per heavy atom. The second kappa shape index (κ2) is 6.26. The maximum atomic E-state index is 13.8. The van der Waals surface area contributed by atoms with E-state index >= 15 is 0 Å². The molecule has 1 fully saturated rings. The van der Waals surface area contributed by atoms with Crippen LogP contribution in [0.4, 0.5) is 8.78 Å². The molecule has 2 nitrogen and oxygen atoms in total. The van der Waals surface area contributed by atoms with Crippen molar-refractivity contribution in [1.29, 1.82) is 0 Å². The molecule has 1 heterocycles. The Morgan fingerprint density at radius 2 is 1.95 bits per heavy atom. The molecular weight excluding hydrogens is 328 g/mol. The van der Waals surface area contributed by atoms with Gasteiger partial charge in [0.25, 0.3) is 0 Å². The Bertz CT molecular complexity index is 725. The molecular formula is C16H12ClF2NOS. The molecule has 0 bridgehead atoms. The third-order valence-electron chi connectivity index (χ3n) is 3.51. The predicted molar refractivity (Wildman–Crippen MR) is 83.6 cm³/mol. The zero-order valence-electron chi connectivity index (χ0n) is 11.4. The lowest BCUT2D eigenvalue weighted by atomic mass is 10.1. The van der Waals surface area contributed by atoms with E-state index in [1.165, 1.54) is 28.8 Å². The van der Waals surface area contributed by atoms with Crippen molar-refractivity contribution in [1.82, 2.24) is 4.90 Å². The van der Waals surface area contributed by atoms with E-state index in [9.17, 15) is 13.6 Å². The minimum atomic E-state index is -0.912. The molecule has 1 aliphatic rings. The lowest BCUT2D eigenvalue weighted by Crippen LogP contribution is -2.28. The lowest BCUT2D eigenvalue weighted by molar-refractivity contribution is -0.128. The van der Waals surface area contributed by atoms with Gasteiger partial charge in [-0.2, -0.15) is 0 Å². The Morgan fingerprint density at radius 3 is 2.73 bits per heavy atom. The van der Waals surface area contributed by atoms with Crippen LogP contribution in [0.5, 0.6) is 0 Å². The molecule has 0 aromatic heterocycles. The highest BCUT2D eigenvalue weighted by atomic mass is 35.5. The third-order valence-corrected chi connectivity index (χ3v) is 5.09. The second-order valence-corrected chi connectivity index (χ2v) is 6.40. The molecule has 3 rings (SSSR count). The molecule has 1 aliphatic heterocycles. The maximum absolute atomic E-state index is 13.8. The largest absolute Gasteiger partial charge is 0.321 e. The SMILES string of the molecule is O=C1CSC(c2ccccc2Cl)N1Cc1cccc(F)c1F. The number of halogens is 3. The first-order valence-electron chi connectivity index (χ1n) is 6.66. The fraction of sp³-hybridized carbons (Fsp3) is 0.188. The van der Waals surface area contributed by atoms with E-state index in [0.717, 1.165) is 11.6 Å². The molecule has 2 aromatic carbocycles. The molecule has 0 N–H and O–H groups in total. The average molecular weight is 340 g/mol. The molecule has 0 spiro atoms. The van der Waals surface area contributed by atoms with Gasteiger partial charge in [0.15, 0.2) is 11.6 Å². The molecule has 114 valence electrons. The second-order valence-electron chi connectivity index (χ2n) is 4.92. The van der Waals surface area contributed by atoms with Crippen LogP contribution in [0.1, 0.15) is 16.5 Å². The average Bonchev–Trinajstić information content (AvgIpc) is 2.86. The quantitative estimate of drug-likeness (QED) is 0.826. The van der Waals surface area contributed by atoms with Gasteiger partial charge in [0, 0.05) is 16.1 Å². The highest BCUT2D eigenvalue weighted by Crippen LogP contribution is 2.42. The van der Waals surface area contributed by atoms with E-state index in [1.54, 1.807) is 6.07 Å². The third kappa shape index (κ3) is 2.83. The van der Waals surface area contributed by atoms with E-state index in [0.29, 0.717) is 10.8 Å². The van der Waals surface area contributed by atoms with Crippen LogP contribution in [-0.2, 0) is 11.3 Å². The van der Waals surface area contributed by atoms with Crippen LogP contribution in [0.25, 0.3) is 0 Å². The summed E-state index contributed by atoms with van der Waals surface area (Å²) in [6.45, 7) is 0.0192. The van der Waals surface area contributed by atoms with Gasteiger partial charge in [-0.3, -0.25) is 4.79 Å². The van der Waals surface area contributed by atoms with Crippen molar-refractivity contribution < 1.29 is 13.6 Å². The van der Waals surface area contributed by atoms with Crippen LogP contribution in [0.15, 0.2) is 42.5 Å². The first-order valence-corrected chi connectivity index (χ1v) is 8.09. The van der Waals surface area contributed by atoms with Gasteiger partial charge < -0.3 is 4.90 Å². The molecule has 1 unspecified atom stereocenters. The molecule has 0 saturated carbocycles. The van der Waals surface area contributed by atoms with E-state index in [1.807, 2.05) is 18.2 Å². The Hall–Kier alpha value is -1.59. The van der Waals surface area contributed by atoms with Gasteiger partial charge >= 0.3 is 0 Å². The predicted octanol–water partition coefficient (Wildman–Crippen LogP) is 4.39. The lowest BCUT2D eigenvalue weighted by Gasteiger charge is -2.25. The molecule has 1 saturated heterocycles. The van der Waals surface area contributed by atoms with Crippen LogP contribution >= 0.6 is 23.4 Å². The summed E-state index contributed by atoms with van der Waals surface area (Å²) in [4.78, 5) is 13.6. The van der Waals surface area contributed by atoms with Crippen molar-refractivity contribution in [2.24, 2.45) is 0 Å². The number of thioether (sulfide) groups is 1. The molecule has 0 aliphatic carbocycles. The molecule has 6 heteroatoms. The van der Waals surface area contributed by atoms with Crippen LogP contribution < -0.4 is 0 Å². The van der Waals surface area contributed by atoms with E-state index in [-0.39, 0.29) is 23.4 Å². The number of carbonyl (C=O) groups excluding carboxylic acids is 1. The van der Waals surface area contributed by atoms with Crippen LogP contribution in [0, 0.1) is 11.6 Å². The number of hydrogen-bond acceptors (Lipinski definition) is 2. The van der Waals surface area contributed by atoms with E-state index in [4.69, 9.17) is 11.6 Å². The van der Waals surface area contributed by atoms with Crippen LogP contribution in [0.3, 0.4) is 0 Å². The monoisotopic (exact) mass is 339 g/mol. The molecule has 0 radical (unpaired) electrons. The summed E-state index contributed by atoms with van der Waals surface area (Å²) in [5.74, 6) is -1.64. The summed E-state index contributed by atoms with van der Waals surface area (Å²) in [5, 5.41) is 0.267. The molecule has 1 atom stereocenters. The van der Waals surface area contributed by atoms with E-state index < -0.39 is 11.6 Å². The normalized spacial score (nSPS) is 18.0. The van der Waals surface area contributed by atoms with Gasteiger partial charge in [-0.05, 0) is 12.1 Å². The summed E-state index contributed by atoms with van der Waals surface area (Å²) in [6, 6.07) is 11.2. The van der Waals surface area contributed by atoms with Crippen LogP contribution in [-0.4, -0.2) is 16.6 Å². The summed E-state index contributed by atoms with van der Waals surface area (Å²) in [5.41, 5.74) is 0.963. The summed E-state index contributed by atoms with van der Waals surface area (Å²) in [7, 11) is 0. The zero-order valence-corrected chi connectivity index (χ0v) is 13.0. The number of amides is 1. The highest BCUT2D eigenvalue weighted by molar-refractivity contribution is 8.00. The Kier molecular flexibility index (Phi) is 4.36. The number of benzene rings is 2. The standard InChI is InChI=1S/C16H12ClF2NOS/c17-12-6-2-1-5-11(12)16-20(14(21)9-22-16)8-10-4-3-7-13(18)15(10)19/h1-7,16H,8-9H2. The minimum absolute atomic E-state index is 0.0192. The highest BCUT2D eigenvalue weighted by Gasteiger charge is 2.34. The fourth-order valence-electron chi connectivity index (χ4n) is 2.41. The molecule has 2 aromatic rings. The van der Waals surface area contributed by atoms with Gasteiger partial charge in [0.05, 0.1) is 12.3 Å². The number of nitrogens with zero attached hydrogens (tertiary/aromatic N) is 1. The number of rotatable bonds is 3. The van der Waals surface area contributed by atoms with E-state index in [2.05, 4.69) is 0 Å². The molecule has 22 heavy (non-hydrogen) atoms. The Labute approximate surface area is 136 Å². The molecule has 1 amide bonds. The Balaban J connectivity index is 1.92. The van der Waals surface area contributed by atoms with Crippen molar-refractivity contribution in [3.8, 4) is 0 Å². The minimum Gasteiger partial charge on any atom is -0.321 e. The maximum Gasteiger partial charge on any atom is 0.234 e. The zero-order chi connectivity index (χ0) is 15.7. The smallest absolute Gasteiger partial charge is 0.234 e. The topological polar surface area (TPSA) is 20.3 Å². The first kappa shape index (κ1) is 15.3. The van der Waals surface area contributed by atoms with Gasteiger partial charge in [-0.25, -0.2) is 8.78 Å². The van der Waals surface area contributed by atoms with Crippen molar-refractivity contribution in [2.45, 2.75) is 11.9 Å². The van der Waals surface area contributed by atoms with Crippen molar-refractivity contribution in [3.05, 3.63) is 70.2 Å². The van der Waals surface area contributed by atoms with Crippen LogP contribution in [0.2, 0.25) is 5.02 Å². The summed E-state index contributed by atoms with van der Waals surface area (Å²) < 4.78 is 27.2. The van der Waals surface area contributed by atoms with Gasteiger partial charge in [-0.1, -0.05) is 41.9 Å². The van der Waals surface area contributed by atoms with Gasteiger partial charge in [-0.15, -0.1) is 11.8 Å². The van der Waals surface area contributed by atoms with Crippen molar-refractivity contribution >= 4 is 29.3 Å². The number of carbonyl (C=O) groups is 1. The first-order chi connectivity index (χ1) is 10.6. The van der Waals surface area contributed by atoms with Crippen molar-refractivity contribution in [3.63, 3.8) is 0 Å². The number of hydrogen-bond donors (Lipinski definition) is 0.